The highest BCUT2D eigenvalue weighted by atomic mass is 35.5. The third-order valence-corrected chi connectivity index (χ3v) is 6.35. The second-order valence-electron chi connectivity index (χ2n) is 6.21. The number of rotatable bonds is 7. The molecule has 3 rings (SSSR count). The van der Waals surface area contributed by atoms with E-state index in [-0.39, 0.29) is 10.6 Å². The summed E-state index contributed by atoms with van der Waals surface area (Å²) in [6.07, 6.45) is -0.681. The summed E-state index contributed by atoms with van der Waals surface area (Å²) < 4.78 is 28.0. The maximum absolute atomic E-state index is 13.4. The lowest BCUT2D eigenvalue weighted by atomic mass is 10.2. The number of nitro groups is 1. The number of sulfonamides is 1. The summed E-state index contributed by atoms with van der Waals surface area (Å²) in [6, 6.07) is 20.4. The number of para-hydroxylation sites is 1. The highest BCUT2D eigenvalue weighted by Gasteiger charge is 2.30. The van der Waals surface area contributed by atoms with Gasteiger partial charge in [-0.1, -0.05) is 29.8 Å². The number of nitrogens with one attached hydrogen (secondary N) is 1. The minimum atomic E-state index is -3.98. The fourth-order valence-electron chi connectivity index (χ4n) is 2.85. The number of halogens is 1. The van der Waals surface area contributed by atoms with Gasteiger partial charge in [-0.25, -0.2) is 12.7 Å². The van der Waals surface area contributed by atoms with Gasteiger partial charge in [-0.2, -0.15) is 0 Å². The largest absolute Gasteiger partial charge is 0.365 e. The van der Waals surface area contributed by atoms with Gasteiger partial charge in [0.15, 0.2) is 0 Å². The van der Waals surface area contributed by atoms with Crippen molar-refractivity contribution in [1.82, 2.24) is 0 Å². The van der Waals surface area contributed by atoms with Gasteiger partial charge in [-0.3, -0.25) is 10.1 Å². The molecule has 0 saturated carbocycles. The molecule has 1 unspecified atom stereocenters. The molecule has 0 aromatic heterocycles. The van der Waals surface area contributed by atoms with E-state index in [4.69, 9.17) is 11.6 Å². The van der Waals surface area contributed by atoms with Crippen LogP contribution in [-0.2, 0) is 10.0 Å². The molecule has 0 saturated heterocycles. The minimum absolute atomic E-state index is 0.0574. The van der Waals surface area contributed by atoms with E-state index in [1.807, 2.05) is 30.3 Å². The van der Waals surface area contributed by atoms with E-state index in [2.05, 4.69) is 5.32 Å². The van der Waals surface area contributed by atoms with Crippen LogP contribution in [0.5, 0.6) is 0 Å². The van der Waals surface area contributed by atoms with E-state index in [1.165, 1.54) is 52.8 Å². The number of nitrogens with zero attached hydrogens (tertiary/aromatic N) is 2. The SMILES string of the molecule is CC(Nc1ccccc1)N(c1ccc([N+](=O)[O-])cc1)S(=O)(=O)c1ccc(Cl)cc1. The minimum Gasteiger partial charge on any atom is -0.365 e. The van der Waals surface area contributed by atoms with E-state index in [9.17, 15) is 18.5 Å². The molecule has 0 fully saturated rings. The number of non-ortho nitro benzene ring substituents is 1. The molecule has 0 heterocycles. The Balaban J connectivity index is 2.05. The average molecular weight is 432 g/mol. The second-order valence-corrected chi connectivity index (χ2v) is 8.47. The fraction of sp³-hybridized carbons (Fsp3) is 0.100. The first-order valence-electron chi connectivity index (χ1n) is 8.65. The van der Waals surface area contributed by atoms with E-state index in [1.54, 1.807) is 6.92 Å². The molecule has 3 aromatic carbocycles. The van der Waals surface area contributed by atoms with Gasteiger partial charge in [-0.05, 0) is 55.5 Å². The lowest BCUT2D eigenvalue weighted by Crippen LogP contribution is -2.43. The predicted molar refractivity (Wildman–Crippen MR) is 114 cm³/mol. The van der Waals surface area contributed by atoms with E-state index in [0.717, 1.165) is 5.69 Å². The van der Waals surface area contributed by atoms with Gasteiger partial charge in [-0.15, -0.1) is 0 Å². The first-order valence-corrected chi connectivity index (χ1v) is 10.5. The molecule has 0 amide bonds. The number of hydrogen-bond acceptors (Lipinski definition) is 5. The summed E-state index contributed by atoms with van der Waals surface area (Å²) in [5.41, 5.74) is 0.904. The molecule has 3 aromatic rings. The van der Waals surface area contributed by atoms with E-state index < -0.39 is 21.1 Å². The standard InChI is InChI=1S/C20H18ClN3O4S/c1-15(22-17-5-3-2-4-6-17)23(18-9-11-19(12-10-18)24(25)26)29(27,28)20-13-7-16(21)8-14-20/h2-15,22H,1H3. The Morgan fingerprint density at radius 3 is 2.10 bits per heavy atom. The molecule has 0 aliphatic rings. The van der Waals surface area contributed by atoms with Crippen LogP contribution >= 0.6 is 11.6 Å². The Labute approximate surface area is 173 Å². The van der Waals surface area contributed by atoms with E-state index >= 15 is 0 Å². The topological polar surface area (TPSA) is 92.5 Å². The number of hydrogen-bond donors (Lipinski definition) is 1. The predicted octanol–water partition coefficient (Wildman–Crippen LogP) is 4.90. The Morgan fingerprint density at radius 1 is 0.966 bits per heavy atom. The van der Waals surface area contributed by atoms with Gasteiger partial charge in [0.25, 0.3) is 15.7 Å². The first kappa shape index (κ1) is 20.6. The summed E-state index contributed by atoms with van der Waals surface area (Å²) in [7, 11) is -3.98. The fourth-order valence-corrected chi connectivity index (χ4v) is 4.55. The molecule has 0 spiro atoms. The van der Waals surface area contributed by atoms with Gasteiger partial charge in [0.2, 0.25) is 0 Å². The molecule has 0 aliphatic heterocycles. The smallest absolute Gasteiger partial charge is 0.269 e. The molecule has 0 radical (unpaired) electrons. The normalized spacial score (nSPS) is 12.2. The van der Waals surface area contributed by atoms with Crippen LogP contribution in [0.3, 0.4) is 0 Å². The van der Waals surface area contributed by atoms with Crippen molar-refractivity contribution in [3.05, 3.63) is 94.0 Å². The van der Waals surface area contributed by atoms with Crippen LogP contribution in [0.1, 0.15) is 6.92 Å². The number of anilines is 2. The van der Waals surface area contributed by atoms with Gasteiger partial charge >= 0.3 is 0 Å². The highest BCUT2D eigenvalue weighted by molar-refractivity contribution is 7.92. The second kappa shape index (κ2) is 8.50. The van der Waals surface area contributed by atoms with E-state index in [0.29, 0.717) is 10.7 Å². The van der Waals surface area contributed by atoms with Crippen molar-refractivity contribution in [1.29, 1.82) is 0 Å². The molecule has 29 heavy (non-hydrogen) atoms. The van der Waals surface area contributed by atoms with Crippen LogP contribution in [-0.4, -0.2) is 19.5 Å². The zero-order valence-electron chi connectivity index (χ0n) is 15.4. The summed E-state index contributed by atoms with van der Waals surface area (Å²) in [4.78, 5) is 10.5. The zero-order valence-corrected chi connectivity index (χ0v) is 17.0. The van der Waals surface area contributed by atoms with Crippen LogP contribution in [0.2, 0.25) is 5.02 Å². The van der Waals surface area contributed by atoms with Crippen molar-refractivity contribution < 1.29 is 13.3 Å². The summed E-state index contributed by atoms with van der Waals surface area (Å²) in [5, 5.41) is 14.5. The quantitative estimate of drug-likeness (QED) is 0.326. The van der Waals surface area contributed by atoms with Crippen molar-refractivity contribution in [2.24, 2.45) is 0 Å². The first-order chi connectivity index (χ1) is 13.8. The van der Waals surface area contributed by atoms with Crippen molar-refractivity contribution in [2.75, 3.05) is 9.62 Å². The highest BCUT2D eigenvalue weighted by Crippen LogP contribution is 2.29. The van der Waals surface area contributed by atoms with Crippen molar-refractivity contribution >= 4 is 38.7 Å². The number of benzene rings is 3. The molecule has 150 valence electrons. The lowest BCUT2D eigenvalue weighted by Gasteiger charge is -2.31. The maximum Gasteiger partial charge on any atom is 0.269 e. The van der Waals surface area contributed by atoms with Crippen LogP contribution < -0.4 is 9.62 Å². The summed E-state index contributed by atoms with van der Waals surface area (Å²) >= 11 is 5.89. The lowest BCUT2D eigenvalue weighted by molar-refractivity contribution is -0.384. The molecule has 9 heteroatoms. The molecular weight excluding hydrogens is 414 g/mol. The van der Waals surface area contributed by atoms with Gasteiger partial charge < -0.3 is 5.32 Å². The van der Waals surface area contributed by atoms with Crippen LogP contribution in [0.15, 0.2) is 83.8 Å². The molecule has 1 atom stereocenters. The molecule has 0 bridgehead atoms. The van der Waals surface area contributed by atoms with Gasteiger partial charge in [0.05, 0.1) is 15.5 Å². The molecule has 7 nitrogen and oxygen atoms in total. The molecular formula is C20H18ClN3O4S. The van der Waals surface area contributed by atoms with Gasteiger partial charge in [0.1, 0.15) is 6.17 Å². The Bertz CT molecular complexity index is 1090. The third-order valence-electron chi connectivity index (χ3n) is 4.19. The van der Waals surface area contributed by atoms with Crippen molar-refractivity contribution in [3.8, 4) is 0 Å². The summed E-state index contributed by atoms with van der Waals surface area (Å²) in [5.74, 6) is 0. The van der Waals surface area contributed by atoms with Crippen LogP contribution in [0.4, 0.5) is 17.1 Å². The third kappa shape index (κ3) is 4.67. The molecule has 1 N–H and O–H groups in total. The summed E-state index contributed by atoms with van der Waals surface area (Å²) in [6.45, 7) is 1.70. The van der Waals surface area contributed by atoms with Crippen molar-refractivity contribution in [3.63, 3.8) is 0 Å². The van der Waals surface area contributed by atoms with Crippen LogP contribution in [0.25, 0.3) is 0 Å². The average Bonchev–Trinajstić information content (AvgIpc) is 2.69. The van der Waals surface area contributed by atoms with Gasteiger partial charge in [0, 0.05) is 22.8 Å². The Kier molecular flexibility index (Phi) is 6.05. The van der Waals surface area contributed by atoms with Crippen molar-refractivity contribution in [2.45, 2.75) is 18.0 Å². The Hall–Kier alpha value is -3.10. The Morgan fingerprint density at radius 2 is 1.55 bits per heavy atom. The maximum atomic E-state index is 13.4. The van der Waals surface area contributed by atoms with Crippen LogP contribution in [0, 0.1) is 10.1 Å². The monoisotopic (exact) mass is 431 g/mol. The zero-order chi connectivity index (χ0) is 21.0. The molecule has 0 aliphatic carbocycles. The number of nitro benzene ring substituents is 1.